The zero-order valence-electron chi connectivity index (χ0n) is 11.3. The summed E-state index contributed by atoms with van der Waals surface area (Å²) in [6, 6.07) is 16.1. The van der Waals surface area contributed by atoms with Gasteiger partial charge in [-0.3, -0.25) is 5.32 Å². The van der Waals surface area contributed by atoms with Gasteiger partial charge in [0.1, 0.15) is 0 Å². The SMILES string of the molecule is OCC(NCC(F)(F)F)c1ccc(-c2ccccc2)cc1. The molecule has 0 bridgehead atoms. The molecule has 2 aromatic carbocycles. The lowest BCUT2D eigenvalue weighted by Gasteiger charge is -2.18. The molecule has 2 aromatic rings. The van der Waals surface area contributed by atoms with Crippen molar-refractivity contribution in [3.8, 4) is 11.1 Å². The van der Waals surface area contributed by atoms with Gasteiger partial charge in [-0.2, -0.15) is 13.2 Å². The molecule has 0 radical (unpaired) electrons. The van der Waals surface area contributed by atoms with Crippen LogP contribution in [0.15, 0.2) is 54.6 Å². The summed E-state index contributed by atoms with van der Waals surface area (Å²) in [6.07, 6.45) is -4.29. The molecule has 0 spiro atoms. The van der Waals surface area contributed by atoms with Crippen molar-refractivity contribution in [1.82, 2.24) is 5.32 Å². The van der Waals surface area contributed by atoms with Gasteiger partial charge in [-0.05, 0) is 16.7 Å². The maximum atomic E-state index is 12.2. The molecule has 0 aliphatic heterocycles. The van der Waals surface area contributed by atoms with Crippen LogP contribution < -0.4 is 5.32 Å². The number of nitrogens with one attached hydrogen (secondary N) is 1. The molecule has 1 atom stereocenters. The number of aliphatic hydroxyl groups is 1. The van der Waals surface area contributed by atoms with Crippen molar-refractivity contribution in [3.05, 3.63) is 60.2 Å². The highest BCUT2D eigenvalue weighted by molar-refractivity contribution is 5.63. The number of aliphatic hydroxyl groups excluding tert-OH is 1. The van der Waals surface area contributed by atoms with Crippen LogP contribution in [0.4, 0.5) is 13.2 Å². The maximum Gasteiger partial charge on any atom is 0.401 e. The van der Waals surface area contributed by atoms with E-state index in [0.717, 1.165) is 11.1 Å². The molecular weight excluding hydrogens is 279 g/mol. The second-order valence-electron chi connectivity index (χ2n) is 4.72. The van der Waals surface area contributed by atoms with E-state index in [0.29, 0.717) is 5.56 Å². The van der Waals surface area contributed by atoms with Gasteiger partial charge in [0.15, 0.2) is 0 Å². The topological polar surface area (TPSA) is 32.3 Å². The smallest absolute Gasteiger partial charge is 0.394 e. The molecule has 5 heteroatoms. The number of benzene rings is 2. The molecule has 1 unspecified atom stereocenters. The molecule has 2 rings (SSSR count). The minimum atomic E-state index is -4.29. The number of hydrogen-bond acceptors (Lipinski definition) is 2. The van der Waals surface area contributed by atoms with Crippen LogP contribution in [0.1, 0.15) is 11.6 Å². The molecule has 0 heterocycles. The molecule has 0 aliphatic rings. The van der Waals surface area contributed by atoms with Crippen LogP contribution in [0.2, 0.25) is 0 Å². The predicted molar refractivity (Wildman–Crippen MR) is 75.8 cm³/mol. The molecular formula is C16H16F3NO. The van der Waals surface area contributed by atoms with E-state index in [1.807, 2.05) is 42.5 Å². The third kappa shape index (κ3) is 4.58. The first-order chi connectivity index (χ1) is 9.99. The van der Waals surface area contributed by atoms with Gasteiger partial charge in [-0.25, -0.2) is 0 Å². The van der Waals surface area contributed by atoms with E-state index in [-0.39, 0.29) is 6.61 Å². The molecule has 21 heavy (non-hydrogen) atoms. The molecule has 0 amide bonds. The Morgan fingerprint density at radius 1 is 0.905 bits per heavy atom. The first kappa shape index (κ1) is 15.5. The second kappa shape index (κ2) is 6.74. The van der Waals surface area contributed by atoms with Crippen LogP contribution in [-0.4, -0.2) is 24.4 Å². The lowest BCUT2D eigenvalue weighted by Crippen LogP contribution is -2.33. The third-order valence-electron chi connectivity index (χ3n) is 3.15. The Morgan fingerprint density at radius 3 is 2.00 bits per heavy atom. The van der Waals surface area contributed by atoms with Crippen LogP contribution in [0.25, 0.3) is 11.1 Å². The van der Waals surface area contributed by atoms with E-state index in [4.69, 9.17) is 0 Å². The summed E-state index contributed by atoms with van der Waals surface area (Å²) in [4.78, 5) is 0. The van der Waals surface area contributed by atoms with Crippen molar-refractivity contribution < 1.29 is 18.3 Å². The molecule has 0 fully saturated rings. The van der Waals surface area contributed by atoms with E-state index in [1.165, 1.54) is 0 Å². The lowest BCUT2D eigenvalue weighted by molar-refractivity contribution is -0.126. The largest absolute Gasteiger partial charge is 0.401 e. The zero-order valence-corrected chi connectivity index (χ0v) is 11.3. The van der Waals surface area contributed by atoms with Crippen LogP contribution in [0.3, 0.4) is 0 Å². The van der Waals surface area contributed by atoms with Gasteiger partial charge in [0.05, 0.1) is 19.2 Å². The summed E-state index contributed by atoms with van der Waals surface area (Å²) in [5, 5.41) is 11.5. The second-order valence-corrected chi connectivity index (χ2v) is 4.72. The summed E-state index contributed by atoms with van der Waals surface area (Å²) < 4.78 is 36.6. The molecule has 0 aliphatic carbocycles. The van der Waals surface area contributed by atoms with Crippen molar-refractivity contribution in [2.24, 2.45) is 0 Å². The van der Waals surface area contributed by atoms with Crippen molar-refractivity contribution in [3.63, 3.8) is 0 Å². The average Bonchev–Trinajstić information content (AvgIpc) is 2.48. The average molecular weight is 295 g/mol. The number of hydrogen-bond donors (Lipinski definition) is 2. The van der Waals surface area contributed by atoms with E-state index < -0.39 is 18.8 Å². The van der Waals surface area contributed by atoms with Gasteiger partial charge in [0.25, 0.3) is 0 Å². The minimum Gasteiger partial charge on any atom is -0.394 e. The fourth-order valence-electron chi connectivity index (χ4n) is 2.07. The van der Waals surface area contributed by atoms with Crippen LogP contribution in [-0.2, 0) is 0 Å². The Morgan fingerprint density at radius 2 is 1.48 bits per heavy atom. The van der Waals surface area contributed by atoms with Crippen molar-refractivity contribution in [2.75, 3.05) is 13.2 Å². The molecule has 0 saturated heterocycles. The first-order valence-electron chi connectivity index (χ1n) is 6.56. The van der Waals surface area contributed by atoms with Gasteiger partial charge in [0, 0.05) is 0 Å². The van der Waals surface area contributed by atoms with E-state index in [2.05, 4.69) is 5.32 Å². The maximum absolute atomic E-state index is 12.2. The number of rotatable bonds is 5. The standard InChI is InChI=1S/C16H16F3NO/c17-16(18,19)11-20-15(10-21)14-8-6-13(7-9-14)12-4-2-1-3-5-12/h1-9,15,20-21H,10-11H2. The van der Waals surface area contributed by atoms with E-state index >= 15 is 0 Å². The molecule has 2 nitrogen and oxygen atoms in total. The van der Waals surface area contributed by atoms with Crippen LogP contribution in [0.5, 0.6) is 0 Å². The Hall–Kier alpha value is -1.85. The minimum absolute atomic E-state index is 0.388. The highest BCUT2D eigenvalue weighted by atomic mass is 19.4. The monoisotopic (exact) mass is 295 g/mol. The highest BCUT2D eigenvalue weighted by Crippen LogP contribution is 2.22. The number of alkyl halides is 3. The zero-order chi connectivity index (χ0) is 15.3. The van der Waals surface area contributed by atoms with Crippen molar-refractivity contribution in [1.29, 1.82) is 0 Å². The summed E-state index contributed by atoms with van der Waals surface area (Å²) in [7, 11) is 0. The Bertz CT molecular complexity index is 552. The molecule has 0 aromatic heterocycles. The van der Waals surface area contributed by atoms with Crippen LogP contribution in [0, 0.1) is 0 Å². The van der Waals surface area contributed by atoms with Crippen LogP contribution >= 0.6 is 0 Å². The summed E-state index contributed by atoms with van der Waals surface area (Å²) in [5.74, 6) is 0. The fourth-order valence-corrected chi connectivity index (χ4v) is 2.07. The molecule has 0 saturated carbocycles. The van der Waals surface area contributed by atoms with E-state index in [9.17, 15) is 18.3 Å². The Kier molecular flexibility index (Phi) is 4.98. The first-order valence-corrected chi connectivity index (χ1v) is 6.56. The van der Waals surface area contributed by atoms with Gasteiger partial charge < -0.3 is 5.11 Å². The summed E-state index contributed by atoms with van der Waals surface area (Å²) in [5.41, 5.74) is 2.64. The van der Waals surface area contributed by atoms with Gasteiger partial charge in [-0.15, -0.1) is 0 Å². The fraction of sp³-hybridized carbons (Fsp3) is 0.250. The summed E-state index contributed by atoms with van der Waals surface area (Å²) >= 11 is 0. The van der Waals surface area contributed by atoms with Gasteiger partial charge in [-0.1, -0.05) is 54.6 Å². The van der Waals surface area contributed by atoms with Gasteiger partial charge in [0.2, 0.25) is 0 Å². The molecule has 2 N–H and O–H groups in total. The lowest BCUT2D eigenvalue weighted by atomic mass is 10.0. The Labute approximate surface area is 121 Å². The van der Waals surface area contributed by atoms with Gasteiger partial charge >= 0.3 is 6.18 Å². The quantitative estimate of drug-likeness (QED) is 0.884. The third-order valence-corrected chi connectivity index (χ3v) is 3.15. The van der Waals surface area contributed by atoms with Crippen molar-refractivity contribution >= 4 is 0 Å². The van der Waals surface area contributed by atoms with E-state index in [1.54, 1.807) is 12.1 Å². The summed E-state index contributed by atoms with van der Waals surface area (Å²) in [6.45, 7) is -1.51. The van der Waals surface area contributed by atoms with Crippen molar-refractivity contribution in [2.45, 2.75) is 12.2 Å². The molecule has 112 valence electrons. The Balaban J connectivity index is 2.10. The highest BCUT2D eigenvalue weighted by Gasteiger charge is 2.28. The number of halogens is 3. The predicted octanol–water partition coefficient (Wildman–Crippen LogP) is 3.54. The normalized spacial score (nSPS) is 13.1.